The molecule has 0 saturated carbocycles. The van der Waals surface area contributed by atoms with E-state index in [1.54, 1.807) is 0 Å². The molecule has 2 unspecified atom stereocenters. The van der Waals surface area contributed by atoms with E-state index in [0.717, 1.165) is 109 Å². The van der Waals surface area contributed by atoms with E-state index in [2.05, 4.69) is 55.4 Å². The largest absolute Gasteiger partial charge is 0.472 e. The molecule has 0 aliphatic carbocycles. The first-order chi connectivity index (χ1) is 41.1. The van der Waals surface area contributed by atoms with Crippen molar-refractivity contribution in [1.82, 2.24) is 0 Å². The summed E-state index contributed by atoms with van der Waals surface area (Å²) in [5, 5.41) is 10.5. The third-order valence-corrected chi connectivity index (χ3v) is 17.2. The maximum absolute atomic E-state index is 13.0. The number of esters is 4. The van der Waals surface area contributed by atoms with Gasteiger partial charge in [0.1, 0.15) is 19.3 Å². The van der Waals surface area contributed by atoms with Crippen LogP contribution in [0.15, 0.2) is 0 Å². The van der Waals surface area contributed by atoms with Gasteiger partial charge in [-0.15, -0.1) is 0 Å². The lowest BCUT2D eigenvalue weighted by Gasteiger charge is -2.21. The fraction of sp³-hybridized carbons (Fsp3) is 0.940. The van der Waals surface area contributed by atoms with Gasteiger partial charge in [-0.3, -0.25) is 37.3 Å². The van der Waals surface area contributed by atoms with Crippen LogP contribution in [0.4, 0.5) is 0 Å². The summed E-state index contributed by atoms with van der Waals surface area (Å²) in [5.41, 5.74) is 0. The van der Waals surface area contributed by atoms with E-state index in [1.807, 2.05) is 0 Å². The van der Waals surface area contributed by atoms with Gasteiger partial charge in [0.05, 0.1) is 26.4 Å². The van der Waals surface area contributed by atoms with Crippen LogP contribution in [-0.4, -0.2) is 96.7 Å². The molecule has 0 radical (unpaired) electrons. The van der Waals surface area contributed by atoms with Crippen molar-refractivity contribution in [3.8, 4) is 0 Å². The normalized spacial score (nSPS) is 14.4. The Labute approximate surface area is 524 Å². The Kier molecular flexibility index (Phi) is 55.7. The number of unbranched alkanes of at least 4 members (excludes halogenated alkanes) is 30. The molecule has 3 N–H and O–H groups in total. The van der Waals surface area contributed by atoms with Crippen LogP contribution in [-0.2, 0) is 65.4 Å². The molecule has 17 nitrogen and oxygen atoms in total. The summed E-state index contributed by atoms with van der Waals surface area (Å²) in [7, 11) is -9.89. The second kappa shape index (κ2) is 57.0. The van der Waals surface area contributed by atoms with Crippen molar-refractivity contribution < 1.29 is 80.2 Å². The van der Waals surface area contributed by atoms with E-state index in [-0.39, 0.29) is 25.7 Å². The molecule has 0 aromatic rings. The Hall–Kier alpha value is -1.94. The highest BCUT2D eigenvalue weighted by atomic mass is 31.2. The maximum atomic E-state index is 13.0. The van der Waals surface area contributed by atoms with E-state index in [9.17, 15) is 43.2 Å². The van der Waals surface area contributed by atoms with E-state index >= 15 is 0 Å². The van der Waals surface area contributed by atoms with Gasteiger partial charge in [-0.2, -0.15) is 0 Å². The molecule has 0 bridgehead atoms. The summed E-state index contributed by atoms with van der Waals surface area (Å²) < 4.78 is 68.1. The molecular weight excluding hydrogens is 1140 g/mol. The number of rotatable bonds is 64. The predicted molar refractivity (Wildman–Crippen MR) is 344 cm³/mol. The lowest BCUT2D eigenvalue weighted by Crippen LogP contribution is -2.30. The van der Waals surface area contributed by atoms with Gasteiger partial charge in [0.25, 0.3) is 0 Å². The highest BCUT2D eigenvalue weighted by Crippen LogP contribution is 2.45. The van der Waals surface area contributed by atoms with E-state index in [4.69, 9.17) is 37.0 Å². The fourth-order valence-electron chi connectivity index (χ4n) is 9.96. The molecular formula is C67H130O17P2. The first-order valence-corrected chi connectivity index (χ1v) is 37.7. The Morgan fingerprint density at radius 2 is 0.488 bits per heavy atom. The summed E-state index contributed by atoms with van der Waals surface area (Å²) in [6.45, 7) is 13.9. The molecule has 0 spiro atoms. The lowest BCUT2D eigenvalue weighted by atomic mass is 10.0. The molecule has 0 aromatic carbocycles. The topological polar surface area (TPSA) is 237 Å². The van der Waals surface area contributed by atoms with Crippen LogP contribution in [0.2, 0.25) is 0 Å². The third kappa shape index (κ3) is 60.9. The summed E-state index contributed by atoms with van der Waals surface area (Å²) in [5.74, 6) is 0.737. The number of carbonyl (C=O) groups is 4. The minimum atomic E-state index is -4.95. The number of hydrogen-bond donors (Lipinski definition) is 3. The van der Waals surface area contributed by atoms with Gasteiger partial charge < -0.3 is 33.8 Å². The molecule has 0 aliphatic rings. The Morgan fingerprint density at radius 3 is 0.721 bits per heavy atom. The molecule has 0 rings (SSSR count). The molecule has 19 heteroatoms. The van der Waals surface area contributed by atoms with Crippen LogP contribution in [0.3, 0.4) is 0 Å². The minimum absolute atomic E-state index is 0.102. The van der Waals surface area contributed by atoms with Crippen molar-refractivity contribution in [2.75, 3.05) is 39.6 Å². The molecule has 0 aliphatic heterocycles. The molecule has 0 amide bonds. The van der Waals surface area contributed by atoms with Crippen molar-refractivity contribution in [2.24, 2.45) is 23.7 Å². The van der Waals surface area contributed by atoms with Gasteiger partial charge in [0, 0.05) is 25.7 Å². The van der Waals surface area contributed by atoms with Crippen molar-refractivity contribution in [2.45, 2.75) is 343 Å². The number of aliphatic hydroxyl groups excluding tert-OH is 1. The van der Waals surface area contributed by atoms with E-state index < -0.39 is 97.5 Å². The molecule has 0 fully saturated rings. The Balaban J connectivity index is 5.20. The SMILES string of the molecule is CC(C)CCCCCCCCCCCCCCCCC(=O)O[C@H](COC(=O)CCCCCCCCC(C)C)COP(=O)(O)OC[C@H](O)COP(=O)(O)OC[C@@H](COC(=O)CCCCCCCCCC(C)C)OC(=O)CCCCCCCCCC(C)C. The minimum Gasteiger partial charge on any atom is -0.462 e. The highest BCUT2D eigenvalue weighted by Gasteiger charge is 2.30. The van der Waals surface area contributed by atoms with Crippen molar-refractivity contribution in [1.29, 1.82) is 0 Å². The average molecular weight is 1270 g/mol. The van der Waals surface area contributed by atoms with E-state index in [1.165, 1.54) is 116 Å². The molecule has 5 atom stereocenters. The number of phosphoric ester groups is 2. The summed E-state index contributed by atoms with van der Waals surface area (Å²) in [6.07, 6.45) is 37.9. The monoisotopic (exact) mass is 1270 g/mol. The Bertz CT molecular complexity index is 1710. The van der Waals surface area contributed by atoms with Crippen LogP contribution < -0.4 is 0 Å². The Morgan fingerprint density at radius 1 is 0.291 bits per heavy atom. The van der Waals surface area contributed by atoms with Gasteiger partial charge in [0.15, 0.2) is 12.2 Å². The average Bonchev–Trinajstić information content (AvgIpc) is 3.59. The predicted octanol–water partition coefficient (Wildman–Crippen LogP) is 18.5. The molecule has 0 heterocycles. The molecule has 510 valence electrons. The van der Waals surface area contributed by atoms with Gasteiger partial charge in [-0.25, -0.2) is 9.13 Å². The molecule has 86 heavy (non-hydrogen) atoms. The number of ether oxygens (including phenoxy) is 4. The first-order valence-electron chi connectivity index (χ1n) is 34.7. The maximum Gasteiger partial charge on any atom is 0.472 e. The highest BCUT2D eigenvalue weighted by molar-refractivity contribution is 7.47. The first kappa shape index (κ1) is 84.1. The zero-order chi connectivity index (χ0) is 63.9. The number of carbonyl (C=O) groups excluding carboxylic acids is 4. The van der Waals surface area contributed by atoms with E-state index in [0.29, 0.717) is 43.4 Å². The quantitative estimate of drug-likeness (QED) is 0.0222. The number of phosphoric acid groups is 2. The van der Waals surface area contributed by atoms with Gasteiger partial charge in [-0.05, 0) is 49.4 Å². The number of aliphatic hydroxyl groups is 1. The molecule has 0 saturated heterocycles. The van der Waals surface area contributed by atoms with Gasteiger partial charge >= 0.3 is 39.5 Å². The summed E-state index contributed by atoms with van der Waals surface area (Å²) in [6, 6.07) is 0. The zero-order valence-electron chi connectivity index (χ0n) is 55.9. The lowest BCUT2D eigenvalue weighted by molar-refractivity contribution is -0.161. The van der Waals surface area contributed by atoms with Crippen LogP contribution in [0.1, 0.15) is 325 Å². The van der Waals surface area contributed by atoms with Crippen LogP contribution in [0.5, 0.6) is 0 Å². The standard InChI is InChI=1S/C67H130O17P2/c1-57(2)43-35-27-19-15-13-11-9-10-12-14-16-22-33-41-49-66(71)83-63(54-78-65(70)48-40-32-26-25-30-38-46-60(7)8)56-82-86(75,76)80-52-61(68)51-79-85(73,74)81-55-62(84-67(72)50-42-34-24-18-21-29-37-45-59(5)6)53-77-64(69)47-39-31-23-17-20-28-36-44-58(3)4/h57-63,68H,9-56H2,1-8H3,(H,73,74)(H,75,76)/t61-,62-,63-/m1/s1. The second-order valence-corrected chi connectivity index (χ2v) is 29.0. The van der Waals surface area contributed by atoms with Crippen LogP contribution in [0, 0.1) is 23.7 Å². The van der Waals surface area contributed by atoms with Crippen molar-refractivity contribution in [3.63, 3.8) is 0 Å². The summed E-state index contributed by atoms with van der Waals surface area (Å²) >= 11 is 0. The summed E-state index contributed by atoms with van der Waals surface area (Å²) in [4.78, 5) is 72.3. The zero-order valence-corrected chi connectivity index (χ0v) is 57.7. The van der Waals surface area contributed by atoms with Crippen LogP contribution >= 0.6 is 15.6 Å². The van der Waals surface area contributed by atoms with Crippen molar-refractivity contribution in [3.05, 3.63) is 0 Å². The fourth-order valence-corrected chi connectivity index (χ4v) is 11.5. The number of hydrogen-bond acceptors (Lipinski definition) is 15. The van der Waals surface area contributed by atoms with Gasteiger partial charge in [0.2, 0.25) is 0 Å². The van der Waals surface area contributed by atoms with Gasteiger partial charge in [-0.1, -0.05) is 274 Å². The molecule has 0 aromatic heterocycles. The smallest absolute Gasteiger partial charge is 0.462 e. The third-order valence-electron chi connectivity index (χ3n) is 15.3. The van der Waals surface area contributed by atoms with Crippen LogP contribution in [0.25, 0.3) is 0 Å². The van der Waals surface area contributed by atoms with Crippen molar-refractivity contribution >= 4 is 39.5 Å². The second-order valence-electron chi connectivity index (χ2n) is 26.1.